The highest BCUT2D eigenvalue weighted by molar-refractivity contribution is 5.91. The van der Waals surface area contributed by atoms with E-state index in [-0.39, 0.29) is 18.2 Å². The first-order chi connectivity index (χ1) is 7.92. The van der Waals surface area contributed by atoms with Crippen molar-refractivity contribution in [1.29, 1.82) is 0 Å². The largest absolute Gasteiger partial charge is 0.394 e. The number of nitrogens with zero attached hydrogens (tertiary/aromatic N) is 3. The van der Waals surface area contributed by atoms with Crippen molar-refractivity contribution in [1.82, 2.24) is 15.5 Å². The Morgan fingerprint density at radius 3 is 2.53 bits per heavy atom. The summed E-state index contributed by atoms with van der Waals surface area (Å²) in [5.74, 6) is 0.338. The number of likely N-dealkylation sites (N-methyl/N-ethyl adjacent to an activating group) is 1. The van der Waals surface area contributed by atoms with Crippen molar-refractivity contribution in [3.05, 3.63) is 17.8 Å². The zero-order chi connectivity index (χ0) is 13.1. The number of aliphatic hydroxyl groups is 1. The molecule has 0 aliphatic heterocycles. The molecule has 0 aromatic carbocycles. The second kappa shape index (κ2) is 5.09. The van der Waals surface area contributed by atoms with Crippen molar-refractivity contribution >= 4 is 11.7 Å². The summed E-state index contributed by atoms with van der Waals surface area (Å²) in [6, 6.07) is 3.31. The molecule has 6 nitrogen and oxygen atoms in total. The van der Waals surface area contributed by atoms with Crippen LogP contribution in [0.1, 0.15) is 24.3 Å². The lowest BCUT2D eigenvalue weighted by atomic mass is 10.1. The molecule has 1 aromatic rings. The van der Waals surface area contributed by atoms with Gasteiger partial charge in [0, 0.05) is 14.1 Å². The highest BCUT2D eigenvalue weighted by Gasteiger charge is 2.24. The molecule has 17 heavy (non-hydrogen) atoms. The van der Waals surface area contributed by atoms with Crippen LogP contribution in [0, 0.1) is 0 Å². The average Bonchev–Trinajstić information content (AvgIpc) is 2.37. The third-order valence-electron chi connectivity index (χ3n) is 2.75. The summed E-state index contributed by atoms with van der Waals surface area (Å²) in [4.78, 5) is 13.1. The SMILES string of the molecule is CNC(=O)c1ccc(N(C)C(C)(C)CO)nn1. The van der Waals surface area contributed by atoms with Crippen LogP contribution in [0.4, 0.5) is 5.82 Å². The van der Waals surface area contributed by atoms with Gasteiger partial charge in [-0.15, -0.1) is 10.2 Å². The van der Waals surface area contributed by atoms with E-state index >= 15 is 0 Å². The van der Waals surface area contributed by atoms with Crippen LogP contribution in [0.15, 0.2) is 12.1 Å². The van der Waals surface area contributed by atoms with E-state index in [1.807, 2.05) is 25.8 Å². The summed E-state index contributed by atoms with van der Waals surface area (Å²) >= 11 is 0. The van der Waals surface area contributed by atoms with E-state index in [1.165, 1.54) is 0 Å². The van der Waals surface area contributed by atoms with Crippen LogP contribution in [0.5, 0.6) is 0 Å². The minimum atomic E-state index is -0.427. The number of nitrogens with one attached hydrogen (secondary N) is 1. The van der Waals surface area contributed by atoms with Crippen LogP contribution >= 0.6 is 0 Å². The molecule has 1 aromatic heterocycles. The van der Waals surface area contributed by atoms with Crippen LogP contribution in [0.2, 0.25) is 0 Å². The molecule has 2 N–H and O–H groups in total. The van der Waals surface area contributed by atoms with Gasteiger partial charge in [-0.3, -0.25) is 4.79 Å². The molecule has 6 heteroatoms. The summed E-state index contributed by atoms with van der Waals surface area (Å²) in [6.45, 7) is 3.78. The molecule has 1 rings (SSSR count). The van der Waals surface area contributed by atoms with Gasteiger partial charge in [0.15, 0.2) is 11.5 Å². The number of carbonyl (C=O) groups excluding carboxylic acids is 1. The van der Waals surface area contributed by atoms with Crippen molar-refractivity contribution in [2.24, 2.45) is 0 Å². The van der Waals surface area contributed by atoms with Gasteiger partial charge >= 0.3 is 0 Å². The average molecular weight is 238 g/mol. The van der Waals surface area contributed by atoms with Gasteiger partial charge in [-0.25, -0.2) is 0 Å². The fourth-order valence-corrected chi connectivity index (χ4v) is 1.17. The Morgan fingerprint density at radius 1 is 1.47 bits per heavy atom. The van der Waals surface area contributed by atoms with Crippen molar-refractivity contribution in [3.63, 3.8) is 0 Å². The van der Waals surface area contributed by atoms with Crippen molar-refractivity contribution < 1.29 is 9.90 Å². The predicted octanol–water partition coefficient (Wildman–Crippen LogP) is 0.0433. The number of carbonyl (C=O) groups is 1. The lowest BCUT2D eigenvalue weighted by molar-refractivity contribution is 0.0957. The van der Waals surface area contributed by atoms with Gasteiger partial charge in [-0.2, -0.15) is 0 Å². The third kappa shape index (κ3) is 2.91. The normalized spacial score (nSPS) is 11.1. The summed E-state index contributed by atoms with van der Waals surface area (Å²) in [6.07, 6.45) is 0. The van der Waals surface area contributed by atoms with E-state index in [4.69, 9.17) is 0 Å². The fraction of sp³-hybridized carbons (Fsp3) is 0.545. The Balaban J connectivity index is 2.91. The number of aliphatic hydroxyl groups excluding tert-OH is 1. The lowest BCUT2D eigenvalue weighted by Crippen LogP contribution is -2.45. The van der Waals surface area contributed by atoms with Gasteiger partial charge in [0.05, 0.1) is 12.1 Å². The first-order valence-electron chi connectivity index (χ1n) is 5.33. The molecule has 0 spiro atoms. The Labute approximate surface area is 101 Å². The molecular formula is C11H18N4O2. The summed E-state index contributed by atoms with van der Waals surface area (Å²) in [5.41, 5.74) is -0.158. The maximum Gasteiger partial charge on any atom is 0.271 e. The zero-order valence-corrected chi connectivity index (χ0v) is 10.6. The van der Waals surface area contributed by atoms with Crippen molar-refractivity contribution in [2.75, 3.05) is 25.6 Å². The molecule has 0 radical (unpaired) electrons. The Bertz CT molecular complexity index is 389. The second-order valence-corrected chi connectivity index (χ2v) is 4.39. The number of rotatable bonds is 4. The van der Waals surface area contributed by atoms with E-state index in [0.29, 0.717) is 5.82 Å². The number of anilines is 1. The van der Waals surface area contributed by atoms with E-state index in [1.54, 1.807) is 19.2 Å². The van der Waals surface area contributed by atoms with Crippen LogP contribution < -0.4 is 10.2 Å². The summed E-state index contributed by atoms with van der Waals surface area (Å²) < 4.78 is 0. The van der Waals surface area contributed by atoms with Crippen LogP contribution in [0.25, 0.3) is 0 Å². The topological polar surface area (TPSA) is 78.4 Å². The lowest BCUT2D eigenvalue weighted by Gasteiger charge is -2.34. The van der Waals surface area contributed by atoms with Gasteiger partial charge in [0.2, 0.25) is 0 Å². The van der Waals surface area contributed by atoms with Crippen LogP contribution in [0.3, 0.4) is 0 Å². The second-order valence-electron chi connectivity index (χ2n) is 4.39. The zero-order valence-electron chi connectivity index (χ0n) is 10.6. The molecule has 0 aliphatic rings. The van der Waals surface area contributed by atoms with E-state index < -0.39 is 5.54 Å². The first-order valence-corrected chi connectivity index (χ1v) is 5.33. The van der Waals surface area contributed by atoms with Gasteiger partial charge in [0.25, 0.3) is 5.91 Å². The maximum absolute atomic E-state index is 11.3. The summed E-state index contributed by atoms with van der Waals surface area (Å²) in [5, 5.41) is 19.5. The highest BCUT2D eigenvalue weighted by Crippen LogP contribution is 2.18. The number of aromatic nitrogens is 2. The highest BCUT2D eigenvalue weighted by atomic mass is 16.3. The molecule has 0 saturated heterocycles. The molecule has 0 saturated carbocycles. The smallest absolute Gasteiger partial charge is 0.271 e. The Morgan fingerprint density at radius 2 is 2.12 bits per heavy atom. The monoisotopic (exact) mass is 238 g/mol. The number of amides is 1. The minimum Gasteiger partial charge on any atom is -0.394 e. The molecule has 1 amide bonds. The van der Waals surface area contributed by atoms with Gasteiger partial charge in [-0.1, -0.05) is 0 Å². The molecule has 94 valence electrons. The van der Waals surface area contributed by atoms with Gasteiger partial charge in [0.1, 0.15) is 0 Å². The van der Waals surface area contributed by atoms with Crippen LogP contribution in [-0.2, 0) is 0 Å². The molecular weight excluding hydrogens is 220 g/mol. The number of hydrogen-bond donors (Lipinski definition) is 2. The fourth-order valence-electron chi connectivity index (χ4n) is 1.17. The first kappa shape index (κ1) is 13.4. The number of hydrogen-bond acceptors (Lipinski definition) is 5. The van der Waals surface area contributed by atoms with Crippen molar-refractivity contribution in [3.8, 4) is 0 Å². The molecule has 0 atom stereocenters. The summed E-state index contributed by atoms with van der Waals surface area (Å²) in [7, 11) is 3.36. The third-order valence-corrected chi connectivity index (χ3v) is 2.75. The maximum atomic E-state index is 11.3. The molecule has 0 bridgehead atoms. The van der Waals surface area contributed by atoms with Gasteiger partial charge < -0.3 is 15.3 Å². The van der Waals surface area contributed by atoms with E-state index in [2.05, 4.69) is 15.5 Å². The van der Waals surface area contributed by atoms with Crippen LogP contribution in [-0.4, -0.2) is 47.5 Å². The molecule has 0 aliphatic carbocycles. The Hall–Kier alpha value is -1.69. The van der Waals surface area contributed by atoms with Crippen molar-refractivity contribution in [2.45, 2.75) is 19.4 Å². The quantitative estimate of drug-likeness (QED) is 0.774. The molecule has 1 heterocycles. The Kier molecular flexibility index (Phi) is 4.01. The van der Waals surface area contributed by atoms with Gasteiger partial charge in [-0.05, 0) is 26.0 Å². The van der Waals surface area contributed by atoms with E-state index in [0.717, 1.165) is 0 Å². The molecule has 0 unspecified atom stereocenters. The molecule has 0 fully saturated rings. The standard InChI is InChI=1S/C11H18N4O2/c1-11(2,7-16)15(4)9-6-5-8(13-14-9)10(17)12-3/h5-6,16H,7H2,1-4H3,(H,12,17). The van der Waals surface area contributed by atoms with E-state index in [9.17, 15) is 9.90 Å². The minimum absolute atomic E-state index is 0.00236. The predicted molar refractivity (Wildman–Crippen MR) is 65.0 cm³/mol.